The number of hydrogen-bond acceptors (Lipinski definition) is 6. The highest BCUT2D eigenvalue weighted by Gasteiger charge is 2.27. The second-order valence-electron chi connectivity index (χ2n) is 5.74. The van der Waals surface area contributed by atoms with Crippen molar-refractivity contribution in [1.82, 2.24) is 4.90 Å². The van der Waals surface area contributed by atoms with Crippen LogP contribution in [-0.2, 0) is 17.8 Å². The fourth-order valence-electron chi connectivity index (χ4n) is 2.87. The monoisotopic (exact) mass is 370 g/mol. The predicted octanol–water partition coefficient (Wildman–Crippen LogP) is 2.68. The van der Waals surface area contributed by atoms with Gasteiger partial charge in [0.15, 0.2) is 0 Å². The van der Waals surface area contributed by atoms with Crippen LogP contribution in [0.5, 0.6) is 0 Å². The molecule has 1 aliphatic heterocycles. The standard InChI is InChI=1S/C17H14N4O4S/c1-10(22)20-7-6-11-13(8-18)17(26-15(11)9-20)19-16(23)12-4-2-3-5-14(12)21(24)25/h2-5H,6-7,9H2,1H3,(H,19,23). The zero-order chi connectivity index (χ0) is 18.8. The molecule has 2 aromatic rings. The molecule has 8 nitrogen and oxygen atoms in total. The van der Waals surface area contributed by atoms with Crippen LogP contribution in [0.2, 0.25) is 0 Å². The van der Waals surface area contributed by atoms with Crippen molar-refractivity contribution in [2.24, 2.45) is 0 Å². The molecule has 2 amide bonds. The summed E-state index contributed by atoms with van der Waals surface area (Å²) in [6.07, 6.45) is 0.537. The van der Waals surface area contributed by atoms with Crippen molar-refractivity contribution in [3.8, 4) is 6.07 Å². The second-order valence-corrected chi connectivity index (χ2v) is 6.84. The molecule has 0 radical (unpaired) electrons. The number of nitrogens with one attached hydrogen (secondary N) is 1. The third kappa shape index (κ3) is 3.14. The van der Waals surface area contributed by atoms with Gasteiger partial charge in [-0.05, 0) is 18.1 Å². The molecule has 0 unspecified atom stereocenters. The van der Waals surface area contributed by atoms with Crippen molar-refractivity contribution in [3.63, 3.8) is 0 Å². The van der Waals surface area contributed by atoms with E-state index < -0.39 is 10.8 Å². The number of nitriles is 1. The molecular weight excluding hydrogens is 356 g/mol. The Labute approximate surface area is 152 Å². The zero-order valence-corrected chi connectivity index (χ0v) is 14.6. The van der Waals surface area contributed by atoms with Gasteiger partial charge in [0.05, 0.1) is 17.0 Å². The highest BCUT2D eigenvalue weighted by atomic mass is 32.1. The van der Waals surface area contributed by atoms with E-state index in [0.29, 0.717) is 30.1 Å². The van der Waals surface area contributed by atoms with Gasteiger partial charge in [0.2, 0.25) is 5.91 Å². The molecule has 0 fully saturated rings. The lowest BCUT2D eigenvalue weighted by molar-refractivity contribution is -0.385. The quantitative estimate of drug-likeness (QED) is 0.658. The molecule has 26 heavy (non-hydrogen) atoms. The predicted molar refractivity (Wildman–Crippen MR) is 94.9 cm³/mol. The molecule has 0 saturated heterocycles. The van der Waals surface area contributed by atoms with Gasteiger partial charge in [-0.3, -0.25) is 19.7 Å². The molecule has 9 heteroatoms. The topological polar surface area (TPSA) is 116 Å². The van der Waals surface area contributed by atoms with Gasteiger partial charge in [0.1, 0.15) is 16.6 Å². The Balaban J connectivity index is 1.92. The summed E-state index contributed by atoms with van der Waals surface area (Å²) in [4.78, 5) is 37.1. The number of rotatable bonds is 3. The number of nitro groups is 1. The van der Waals surface area contributed by atoms with Crippen LogP contribution < -0.4 is 5.32 Å². The van der Waals surface area contributed by atoms with Crippen LogP contribution in [-0.4, -0.2) is 28.2 Å². The largest absolute Gasteiger partial charge is 0.337 e. The van der Waals surface area contributed by atoms with E-state index in [4.69, 9.17) is 0 Å². The molecule has 1 aliphatic rings. The Morgan fingerprint density at radius 2 is 2.12 bits per heavy atom. The van der Waals surface area contributed by atoms with E-state index in [2.05, 4.69) is 11.4 Å². The maximum atomic E-state index is 12.5. The number of carbonyl (C=O) groups excluding carboxylic acids is 2. The van der Waals surface area contributed by atoms with E-state index in [1.807, 2.05) is 0 Å². The smallest absolute Gasteiger partial charge is 0.282 e. The number of hydrogen-bond donors (Lipinski definition) is 1. The summed E-state index contributed by atoms with van der Waals surface area (Å²) in [5.41, 5.74) is 0.818. The minimum Gasteiger partial charge on any atom is -0.337 e. The molecule has 0 atom stereocenters. The van der Waals surface area contributed by atoms with E-state index in [1.165, 1.54) is 42.5 Å². The van der Waals surface area contributed by atoms with Gasteiger partial charge in [-0.25, -0.2) is 0 Å². The fourth-order valence-corrected chi connectivity index (χ4v) is 4.08. The van der Waals surface area contributed by atoms with Gasteiger partial charge in [0, 0.05) is 24.4 Å². The van der Waals surface area contributed by atoms with E-state index >= 15 is 0 Å². The van der Waals surface area contributed by atoms with E-state index in [-0.39, 0.29) is 17.2 Å². The van der Waals surface area contributed by atoms with Crippen LogP contribution in [0.3, 0.4) is 0 Å². The number of fused-ring (bicyclic) bond motifs is 1. The molecule has 0 bridgehead atoms. The fraction of sp³-hybridized carbons (Fsp3) is 0.235. The van der Waals surface area contributed by atoms with Crippen molar-refractivity contribution < 1.29 is 14.5 Å². The normalized spacial score (nSPS) is 12.8. The van der Waals surface area contributed by atoms with Gasteiger partial charge >= 0.3 is 0 Å². The third-order valence-electron chi connectivity index (χ3n) is 4.19. The number of carbonyl (C=O) groups is 2. The third-order valence-corrected chi connectivity index (χ3v) is 5.32. The van der Waals surface area contributed by atoms with Crippen molar-refractivity contribution in [2.45, 2.75) is 19.9 Å². The number of nitrogens with zero attached hydrogens (tertiary/aromatic N) is 3. The average molecular weight is 370 g/mol. The summed E-state index contributed by atoms with van der Waals surface area (Å²) >= 11 is 1.23. The van der Waals surface area contributed by atoms with Gasteiger partial charge < -0.3 is 10.2 Å². The summed E-state index contributed by atoms with van der Waals surface area (Å²) in [6.45, 7) is 2.40. The molecule has 0 spiro atoms. The van der Waals surface area contributed by atoms with Crippen LogP contribution in [0.15, 0.2) is 24.3 Å². The summed E-state index contributed by atoms with van der Waals surface area (Å²) in [7, 11) is 0. The van der Waals surface area contributed by atoms with Gasteiger partial charge in [-0.2, -0.15) is 5.26 Å². The van der Waals surface area contributed by atoms with E-state index in [0.717, 1.165) is 10.4 Å². The summed E-state index contributed by atoms with van der Waals surface area (Å²) in [5.74, 6) is -0.691. The first-order valence-electron chi connectivity index (χ1n) is 7.77. The summed E-state index contributed by atoms with van der Waals surface area (Å²) in [6, 6.07) is 7.74. The maximum Gasteiger partial charge on any atom is 0.282 e. The molecule has 0 aliphatic carbocycles. The molecule has 2 heterocycles. The highest BCUT2D eigenvalue weighted by Crippen LogP contribution is 2.37. The number of para-hydroxylation sites is 1. The maximum absolute atomic E-state index is 12.5. The van der Waals surface area contributed by atoms with Gasteiger partial charge in [-0.1, -0.05) is 12.1 Å². The summed E-state index contributed by atoms with van der Waals surface area (Å²) < 4.78 is 0. The number of thiophene rings is 1. The Kier molecular flexibility index (Phi) is 4.69. The van der Waals surface area contributed by atoms with Crippen molar-refractivity contribution in [1.29, 1.82) is 5.26 Å². The highest BCUT2D eigenvalue weighted by molar-refractivity contribution is 7.16. The van der Waals surface area contributed by atoms with Crippen LogP contribution >= 0.6 is 11.3 Å². The SMILES string of the molecule is CC(=O)N1CCc2c(sc(NC(=O)c3ccccc3[N+](=O)[O-])c2C#N)C1. The van der Waals surface area contributed by atoms with E-state index in [9.17, 15) is 25.0 Å². The lowest BCUT2D eigenvalue weighted by Crippen LogP contribution is -2.33. The first-order chi connectivity index (χ1) is 12.4. The lowest BCUT2D eigenvalue weighted by atomic mass is 10.0. The first kappa shape index (κ1) is 17.6. The number of amides is 2. The van der Waals surface area contributed by atoms with Crippen molar-refractivity contribution in [3.05, 3.63) is 55.9 Å². The molecule has 1 N–H and O–H groups in total. The molecule has 132 valence electrons. The molecular formula is C17H14N4O4S. The average Bonchev–Trinajstić information content (AvgIpc) is 2.97. The Hall–Kier alpha value is -3.25. The molecule has 1 aromatic carbocycles. The second kappa shape index (κ2) is 6.93. The van der Waals surface area contributed by atoms with Crippen molar-refractivity contribution in [2.75, 3.05) is 11.9 Å². The molecule has 1 aromatic heterocycles. The Morgan fingerprint density at radius 1 is 1.38 bits per heavy atom. The van der Waals surface area contributed by atoms with Gasteiger partial charge in [-0.15, -0.1) is 11.3 Å². The van der Waals surface area contributed by atoms with Crippen molar-refractivity contribution >= 4 is 33.8 Å². The number of benzene rings is 1. The Morgan fingerprint density at radius 3 is 2.77 bits per heavy atom. The van der Waals surface area contributed by atoms with Crippen LogP contribution in [0, 0.1) is 21.4 Å². The van der Waals surface area contributed by atoms with E-state index in [1.54, 1.807) is 4.90 Å². The first-order valence-corrected chi connectivity index (χ1v) is 8.59. The lowest BCUT2D eigenvalue weighted by Gasteiger charge is -2.25. The minimum absolute atomic E-state index is 0.0481. The van der Waals surface area contributed by atoms with Crippen LogP contribution in [0.4, 0.5) is 10.7 Å². The summed E-state index contributed by atoms with van der Waals surface area (Å²) in [5, 5.41) is 23.6. The number of anilines is 1. The van der Waals surface area contributed by atoms with Crippen LogP contribution in [0.25, 0.3) is 0 Å². The Bertz CT molecular complexity index is 960. The van der Waals surface area contributed by atoms with Crippen LogP contribution in [0.1, 0.15) is 33.3 Å². The molecule has 0 saturated carbocycles. The minimum atomic E-state index is -0.643. The van der Waals surface area contributed by atoms with Gasteiger partial charge in [0.25, 0.3) is 11.6 Å². The molecule has 3 rings (SSSR count). The number of nitro benzene ring substituents is 1. The zero-order valence-electron chi connectivity index (χ0n) is 13.8.